The highest BCUT2D eigenvalue weighted by atomic mass is 28.4. The number of amides is 1. The van der Waals surface area contributed by atoms with Crippen LogP contribution in [-0.2, 0) is 9.16 Å². The third kappa shape index (κ3) is 5.12. The molecule has 0 radical (unpaired) electrons. The van der Waals surface area contributed by atoms with Crippen LogP contribution in [-0.4, -0.2) is 43.6 Å². The van der Waals surface area contributed by atoms with Gasteiger partial charge in [0.15, 0.2) is 0 Å². The van der Waals surface area contributed by atoms with Gasteiger partial charge >= 0.3 is 6.09 Å². The Morgan fingerprint density at radius 3 is 2.31 bits per heavy atom. The molecule has 0 aliphatic carbocycles. The molecule has 1 amide bonds. The van der Waals surface area contributed by atoms with Gasteiger partial charge in [0.05, 0.1) is 17.2 Å². The highest BCUT2D eigenvalue weighted by Crippen LogP contribution is 2.46. The first-order valence-electron chi connectivity index (χ1n) is 11.3. The minimum atomic E-state index is -2.12. The summed E-state index contributed by atoms with van der Waals surface area (Å²) in [5.74, 6) is 1.52. The van der Waals surface area contributed by atoms with Crippen molar-refractivity contribution < 1.29 is 18.7 Å². The minimum absolute atomic E-state index is 0.0341. The van der Waals surface area contributed by atoms with Gasteiger partial charge in [-0.2, -0.15) is 5.26 Å². The molecule has 2 aliphatic rings. The Hall–Kier alpha value is -2.46. The Kier molecular flexibility index (Phi) is 6.16. The normalized spacial score (nSPS) is 18.2. The zero-order valence-electron chi connectivity index (χ0n) is 20.7. The molecule has 0 N–H and O–H groups in total. The second kappa shape index (κ2) is 8.15. The van der Waals surface area contributed by atoms with Crippen molar-refractivity contribution in [1.82, 2.24) is 4.90 Å². The first-order chi connectivity index (χ1) is 14.6. The molecular weight excluding hydrogens is 420 g/mol. The number of nitriles is 1. The van der Waals surface area contributed by atoms with Crippen LogP contribution in [0.15, 0.2) is 24.3 Å². The molecule has 0 unspecified atom stereocenters. The molecule has 6 nitrogen and oxygen atoms in total. The van der Waals surface area contributed by atoms with Crippen molar-refractivity contribution in [2.45, 2.75) is 83.7 Å². The van der Waals surface area contributed by atoms with Crippen molar-refractivity contribution in [2.75, 3.05) is 13.1 Å². The van der Waals surface area contributed by atoms with Crippen molar-refractivity contribution >= 4 is 20.2 Å². The van der Waals surface area contributed by atoms with E-state index in [0.717, 1.165) is 17.1 Å². The molecule has 1 aromatic carbocycles. The largest absolute Gasteiger partial charge is 0.543 e. The summed E-state index contributed by atoms with van der Waals surface area (Å²) < 4.78 is 18.8. The van der Waals surface area contributed by atoms with E-state index in [9.17, 15) is 10.1 Å². The van der Waals surface area contributed by atoms with Gasteiger partial charge in [-0.25, -0.2) is 4.79 Å². The van der Waals surface area contributed by atoms with E-state index in [-0.39, 0.29) is 11.1 Å². The molecule has 0 bridgehead atoms. The van der Waals surface area contributed by atoms with Crippen LogP contribution in [0, 0.1) is 11.3 Å². The average Bonchev–Trinajstić information content (AvgIpc) is 2.65. The summed E-state index contributed by atoms with van der Waals surface area (Å²) in [5, 5.41) is 9.43. The van der Waals surface area contributed by atoms with Crippen LogP contribution >= 0.6 is 0 Å². The molecule has 1 aromatic rings. The molecule has 7 heteroatoms. The summed E-state index contributed by atoms with van der Waals surface area (Å²) in [7, 11) is -2.12. The van der Waals surface area contributed by atoms with E-state index in [1.807, 2.05) is 32.9 Å². The summed E-state index contributed by atoms with van der Waals surface area (Å²) in [6.07, 6.45) is 3.10. The third-order valence-electron chi connectivity index (χ3n) is 6.51. The van der Waals surface area contributed by atoms with Crippen molar-refractivity contribution in [3.05, 3.63) is 35.4 Å². The lowest BCUT2D eigenvalue weighted by Gasteiger charge is -2.44. The first kappa shape index (κ1) is 24.2. The number of carbonyl (C=O) groups excluding carboxylic acids is 1. The first-order valence-corrected chi connectivity index (χ1v) is 14.2. The van der Waals surface area contributed by atoms with Gasteiger partial charge < -0.3 is 18.8 Å². The van der Waals surface area contributed by atoms with Gasteiger partial charge in [0.1, 0.15) is 22.7 Å². The fraction of sp³-hybridized carbons (Fsp3) is 0.600. The topological polar surface area (TPSA) is 71.8 Å². The van der Waals surface area contributed by atoms with E-state index in [2.05, 4.69) is 46.0 Å². The molecule has 174 valence electrons. The highest BCUT2D eigenvalue weighted by molar-refractivity contribution is 6.74. The number of hydrogen-bond acceptors (Lipinski definition) is 5. The van der Waals surface area contributed by atoms with Crippen molar-refractivity contribution in [2.24, 2.45) is 0 Å². The Labute approximate surface area is 193 Å². The predicted molar refractivity (Wildman–Crippen MR) is 128 cm³/mol. The van der Waals surface area contributed by atoms with E-state index in [1.165, 1.54) is 0 Å². The van der Waals surface area contributed by atoms with E-state index < -0.39 is 19.5 Å². The number of rotatable bonds is 2. The second-order valence-electron chi connectivity index (χ2n) is 11.3. The molecule has 32 heavy (non-hydrogen) atoms. The highest BCUT2D eigenvalue weighted by Gasteiger charge is 2.44. The summed E-state index contributed by atoms with van der Waals surface area (Å²) in [4.78, 5) is 14.3. The summed E-state index contributed by atoms with van der Waals surface area (Å²) in [5.41, 5.74) is 0.341. The van der Waals surface area contributed by atoms with Gasteiger partial charge in [0.25, 0.3) is 0 Å². The van der Waals surface area contributed by atoms with Crippen molar-refractivity contribution in [3.8, 4) is 11.8 Å². The van der Waals surface area contributed by atoms with E-state index in [0.29, 0.717) is 31.5 Å². The molecule has 1 spiro atoms. The monoisotopic (exact) mass is 456 g/mol. The van der Waals surface area contributed by atoms with Crippen LogP contribution in [0.1, 0.15) is 65.5 Å². The van der Waals surface area contributed by atoms with Crippen LogP contribution in [0.3, 0.4) is 0 Å². The van der Waals surface area contributed by atoms with Crippen LogP contribution in [0.2, 0.25) is 18.1 Å². The number of likely N-dealkylation sites (tertiary alicyclic amines) is 1. The van der Waals surface area contributed by atoms with Gasteiger partial charge in [-0.15, -0.1) is 0 Å². The average molecular weight is 457 g/mol. The fourth-order valence-electron chi connectivity index (χ4n) is 3.60. The van der Waals surface area contributed by atoms with Crippen LogP contribution in [0.4, 0.5) is 4.79 Å². The molecule has 2 heterocycles. The van der Waals surface area contributed by atoms with Crippen LogP contribution in [0.25, 0.3) is 5.76 Å². The molecule has 2 aliphatic heterocycles. The molecular formula is C25H36N2O4Si. The Bertz CT molecular complexity index is 956. The zero-order valence-corrected chi connectivity index (χ0v) is 21.7. The molecule has 0 aromatic heterocycles. The molecule has 0 atom stereocenters. The third-order valence-corrected chi connectivity index (χ3v) is 10.9. The number of fused-ring (bicyclic) bond motifs is 1. The number of benzene rings is 1. The maximum Gasteiger partial charge on any atom is 0.410 e. The van der Waals surface area contributed by atoms with Gasteiger partial charge in [0, 0.05) is 32.0 Å². The van der Waals surface area contributed by atoms with Crippen molar-refractivity contribution in [3.63, 3.8) is 0 Å². The number of carbonyl (C=O) groups is 1. The summed E-state index contributed by atoms with van der Waals surface area (Å²) in [6.45, 7) is 17.8. The Morgan fingerprint density at radius 1 is 1.16 bits per heavy atom. The number of piperidine rings is 1. The number of nitrogens with zero attached hydrogens (tertiary/aromatic N) is 2. The lowest BCUT2D eigenvalue weighted by atomic mass is 9.87. The SMILES string of the molecule is CC(C)(C)OC(=O)N1CCC2(C=C(O[Si](C)(C)C(C)(C)C)c3cc(C#N)ccc3O2)CC1. The molecule has 3 rings (SSSR count). The second-order valence-corrected chi connectivity index (χ2v) is 16.1. The summed E-state index contributed by atoms with van der Waals surface area (Å²) in [6, 6.07) is 7.69. The maximum atomic E-state index is 12.5. The van der Waals surface area contributed by atoms with E-state index in [1.54, 1.807) is 11.0 Å². The Balaban J connectivity index is 1.90. The van der Waals surface area contributed by atoms with Gasteiger partial charge in [-0.3, -0.25) is 0 Å². The van der Waals surface area contributed by atoms with Gasteiger partial charge in [-0.05, 0) is 57.1 Å². The van der Waals surface area contributed by atoms with Crippen LogP contribution < -0.4 is 4.74 Å². The fourth-order valence-corrected chi connectivity index (χ4v) is 4.62. The molecule has 0 saturated carbocycles. The standard InChI is InChI=1S/C25H36N2O4Si/c1-23(2,3)30-22(28)27-13-11-25(12-14-27)16-21(31-32(7,8)24(4,5)6)19-15-18(17-26)9-10-20(19)29-25/h9-10,15-16H,11-14H2,1-8H3. The van der Waals surface area contributed by atoms with Gasteiger partial charge in [-0.1, -0.05) is 20.8 Å². The Morgan fingerprint density at radius 2 is 1.78 bits per heavy atom. The van der Waals surface area contributed by atoms with E-state index >= 15 is 0 Å². The quantitative estimate of drug-likeness (QED) is 0.504. The van der Waals surface area contributed by atoms with Gasteiger partial charge in [0.2, 0.25) is 8.32 Å². The zero-order chi connectivity index (χ0) is 23.9. The van der Waals surface area contributed by atoms with E-state index in [4.69, 9.17) is 13.9 Å². The lowest BCUT2D eigenvalue weighted by Crippen LogP contribution is -2.51. The minimum Gasteiger partial charge on any atom is -0.543 e. The number of hydrogen-bond donors (Lipinski definition) is 0. The van der Waals surface area contributed by atoms with Crippen molar-refractivity contribution in [1.29, 1.82) is 5.26 Å². The maximum absolute atomic E-state index is 12.5. The molecule has 1 fully saturated rings. The molecule has 1 saturated heterocycles. The predicted octanol–water partition coefficient (Wildman–Crippen LogP) is 6.08. The summed E-state index contributed by atoms with van der Waals surface area (Å²) >= 11 is 0. The number of ether oxygens (including phenoxy) is 2. The van der Waals surface area contributed by atoms with Crippen LogP contribution in [0.5, 0.6) is 5.75 Å². The lowest BCUT2D eigenvalue weighted by molar-refractivity contribution is -0.00167. The smallest absolute Gasteiger partial charge is 0.410 e.